The van der Waals surface area contributed by atoms with Gasteiger partial charge in [-0.15, -0.1) is 0 Å². The molecule has 0 bridgehead atoms. The number of benzene rings is 1. The summed E-state index contributed by atoms with van der Waals surface area (Å²) in [6.07, 6.45) is 1.41. The molecule has 0 radical (unpaired) electrons. The zero-order chi connectivity index (χ0) is 12.2. The first-order valence-corrected chi connectivity index (χ1v) is 5.57. The molecule has 1 aromatic carbocycles. The fourth-order valence-corrected chi connectivity index (χ4v) is 1.77. The lowest BCUT2D eigenvalue weighted by atomic mass is 9.79. The molecule has 0 fully saturated rings. The molecule has 3 nitrogen and oxygen atoms in total. The van der Waals surface area contributed by atoms with Crippen molar-refractivity contribution in [3.05, 3.63) is 35.4 Å². The second kappa shape index (κ2) is 5.12. The van der Waals surface area contributed by atoms with Crippen molar-refractivity contribution in [3.8, 4) is 0 Å². The number of nitrogens with two attached hydrogens (primary N) is 1. The first-order valence-electron chi connectivity index (χ1n) is 5.57. The quantitative estimate of drug-likeness (QED) is 0.798. The van der Waals surface area contributed by atoms with E-state index in [1.807, 2.05) is 24.3 Å². The second-order valence-corrected chi connectivity index (χ2v) is 4.23. The zero-order valence-corrected chi connectivity index (χ0v) is 9.86. The van der Waals surface area contributed by atoms with Gasteiger partial charge in [0, 0.05) is 0 Å². The van der Waals surface area contributed by atoms with E-state index in [0.717, 1.165) is 12.0 Å². The van der Waals surface area contributed by atoms with Crippen molar-refractivity contribution in [1.29, 1.82) is 0 Å². The van der Waals surface area contributed by atoms with Gasteiger partial charge in [-0.1, -0.05) is 31.2 Å². The summed E-state index contributed by atoms with van der Waals surface area (Å²) in [6.45, 7) is 4.17. The van der Waals surface area contributed by atoms with Crippen LogP contribution in [0.25, 0.3) is 0 Å². The molecule has 0 spiro atoms. The van der Waals surface area contributed by atoms with Gasteiger partial charge in [0.15, 0.2) is 0 Å². The standard InChI is InChI=1S/C13H19NO2/c1-3-10-4-6-11(7-5-10)13(2,8-9-14)12(15)16/h4-7H,3,8-9,14H2,1-2H3,(H,15,16). The maximum atomic E-state index is 11.3. The van der Waals surface area contributed by atoms with Crippen molar-refractivity contribution < 1.29 is 9.90 Å². The summed E-state index contributed by atoms with van der Waals surface area (Å²) in [6, 6.07) is 7.74. The number of carboxylic acids is 1. The van der Waals surface area contributed by atoms with Crippen LogP contribution in [-0.4, -0.2) is 17.6 Å². The highest BCUT2D eigenvalue weighted by Gasteiger charge is 2.34. The van der Waals surface area contributed by atoms with E-state index in [1.165, 1.54) is 5.56 Å². The number of hydrogen-bond acceptors (Lipinski definition) is 2. The van der Waals surface area contributed by atoms with E-state index in [4.69, 9.17) is 5.73 Å². The van der Waals surface area contributed by atoms with Gasteiger partial charge in [0.1, 0.15) is 0 Å². The Bertz CT molecular complexity index is 359. The summed E-state index contributed by atoms with van der Waals surface area (Å²) in [5.41, 5.74) is 6.64. The summed E-state index contributed by atoms with van der Waals surface area (Å²) < 4.78 is 0. The van der Waals surface area contributed by atoms with Crippen LogP contribution in [0.3, 0.4) is 0 Å². The molecular weight excluding hydrogens is 202 g/mol. The Hall–Kier alpha value is -1.35. The Balaban J connectivity index is 3.06. The average Bonchev–Trinajstić information content (AvgIpc) is 2.29. The number of rotatable bonds is 5. The molecule has 0 saturated heterocycles. The van der Waals surface area contributed by atoms with Crippen LogP contribution in [0.15, 0.2) is 24.3 Å². The van der Waals surface area contributed by atoms with Gasteiger partial charge in [0.2, 0.25) is 0 Å². The lowest BCUT2D eigenvalue weighted by molar-refractivity contribution is -0.143. The molecule has 1 rings (SSSR count). The summed E-state index contributed by atoms with van der Waals surface area (Å²) in [4.78, 5) is 11.3. The molecule has 0 aromatic heterocycles. The van der Waals surface area contributed by atoms with Crippen LogP contribution in [0, 0.1) is 0 Å². The molecule has 3 N–H and O–H groups in total. The molecule has 1 aromatic rings. The number of carbonyl (C=O) groups is 1. The number of aryl methyl sites for hydroxylation is 1. The van der Waals surface area contributed by atoms with Gasteiger partial charge in [-0.05, 0) is 37.4 Å². The van der Waals surface area contributed by atoms with Crippen molar-refractivity contribution in [3.63, 3.8) is 0 Å². The molecular formula is C13H19NO2. The molecule has 0 aliphatic rings. The predicted molar refractivity (Wildman–Crippen MR) is 64.5 cm³/mol. The van der Waals surface area contributed by atoms with E-state index in [-0.39, 0.29) is 0 Å². The third-order valence-corrected chi connectivity index (χ3v) is 3.12. The molecule has 16 heavy (non-hydrogen) atoms. The van der Waals surface area contributed by atoms with Crippen LogP contribution in [-0.2, 0) is 16.6 Å². The molecule has 0 heterocycles. The first-order chi connectivity index (χ1) is 7.54. The molecule has 0 amide bonds. The SMILES string of the molecule is CCc1ccc(C(C)(CCN)C(=O)O)cc1. The van der Waals surface area contributed by atoms with Crippen molar-refractivity contribution in [1.82, 2.24) is 0 Å². The lowest BCUT2D eigenvalue weighted by Crippen LogP contribution is -2.34. The van der Waals surface area contributed by atoms with Gasteiger partial charge in [-0.25, -0.2) is 0 Å². The third kappa shape index (κ3) is 2.42. The molecule has 0 aliphatic heterocycles. The highest BCUT2D eigenvalue weighted by atomic mass is 16.4. The lowest BCUT2D eigenvalue weighted by Gasteiger charge is -2.24. The number of aliphatic carboxylic acids is 1. The van der Waals surface area contributed by atoms with Gasteiger partial charge in [0.25, 0.3) is 0 Å². The summed E-state index contributed by atoms with van der Waals surface area (Å²) in [5.74, 6) is -0.817. The van der Waals surface area contributed by atoms with Gasteiger partial charge in [-0.3, -0.25) is 4.79 Å². The van der Waals surface area contributed by atoms with Crippen LogP contribution in [0.4, 0.5) is 0 Å². The first kappa shape index (κ1) is 12.7. The van der Waals surface area contributed by atoms with E-state index in [1.54, 1.807) is 6.92 Å². The smallest absolute Gasteiger partial charge is 0.313 e. The van der Waals surface area contributed by atoms with Gasteiger partial charge in [-0.2, -0.15) is 0 Å². The minimum atomic E-state index is -0.874. The maximum Gasteiger partial charge on any atom is 0.313 e. The summed E-state index contributed by atoms with van der Waals surface area (Å²) >= 11 is 0. The Morgan fingerprint density at radius 3 is 2.31 bits per heavy atom. The molecule has 0 saturated carbocycles. The molecule has 88 valence electrons. The summed E-state index contributed by atoms with van der Waals surface area (Å²) in [5, 5.41) is 9.29. The van der Waals surface area contributed by atoms with Crippen LogP contribution in [0.5, 0.6) is 0 Å². The van der Waals surface area contributed by atoms with E-state index in [0.29, 0.717) is 13.0 Å². The second-order valence-electron chi connectivity index (χ2n) is 4.23. The van der Waals surface area contributed by atoms with Gasteiger partial charge in [0.05, 0.1) is 5.41 Å². The fraction of sp³-hybridized carbons (Fsp3) is 0.462. The maximum absolute atomic E-state index is 11.3. The number of carboxylic acid groups (broad SMARTS) is 1. The highest BCUT2D eigenvalue weighted by molar-refractivity contribution is 5.80. The molecule has 1 atom stereocenters. The fourth-order valence-electron chi connectivity index (χ4n) is 1.77. The Labute approximate surface area is 96.3 Å². The molecule has 1 unspecified atom stereocenters. The topological polar surface area (TPSA) is 63.3 Å². The number of hydrogen-bond donors (Lipinski definition) is 2. The van der Waals surface area contributed by atoms with E-state index in [2.05, 4.69) is 6.92 Å². The van der Waals surface area contributed by atoms with Crippen LogP contribution in [0.2, 0.25) is 0 Å². The Morgan fingerprint density at radius 1 is 1.38 bits per heavy atom. The largest absolute Gasteiger partial charge is 0.481 e. The van der Waals surface area contributed by atoms with E-state index in [9.17, 15) is 9.90 Å². The van der Waals surface area contributed by atoms with Gasteiger partial charge < -0.3 is 10.8 Å². The minimum absolute atomic E-state index is 0.373. The third-order valence-electron chi connectivity index (χ3n) is 3.12. The van der Waals surface area contributed by atoms with E-state index >= 15 is 0 Å². The Kier molecular flexibility index (Phi) is 4.07. The zero-order valence-electron chi connectivity index (χ0n) is 9.86. The molecule has 3 heteroatoms. The summed E-state index contributed by atoms with van der Waals surface area (Å²) in [7, 11) is 0. The van der Waals surface area contributed by atoms with Gasteiger partial charge >= 0.3 is 5.97 Å². The van der Waals surface area contributed by atoms with Crippen LogP contribution in [0.1, 0.15) is 31.4 Å². The minimum Gasteiger partial charge on any atom is -0.481 e. The van der Waals surface area contributed by atoms with Crippen LogP contribution >= 0.6 is 0 Å². The monoisotopic (exact) mass is 221 g/mol. The van der Waals surface area contributed by atoms with Crippen molar-refractivity contribution in [2.24, 2.45) is 5.73 Å². The van der Waals surface area contributed by atoms with Crippen molar-refractivity contribution in [2.75, 3.05) is 6.54 Å². The van der Waals surface area contributed by atoms with Crippen molar-refractivity contribution >= 4 is 5.97 Å². The normalized spacial score (nSPS) is 14.4. The highest BCUT2D eigenvalue weighted by Crippen LogP contribution is 2.27. The van der Waals surface area contributed by atoms with Crippen LogP contribution < -0.4 is 5.73 Å². The average molecular weight is 221 g/mol. The predicted octanol–water partition coefficient (Wildman–Crippen LogP) is 1.94. The Morgan fingerprint density at radius 2 is 1.94 bits per heavy atom. The van der Waals surface area contributed by atoms with Crippen molar-refractivity contribution in [2.45, 2.75) is 32.1 Å². The molecule has 0 aliphatic carbocycles. The van der Waals surface area contributed by atoms with E-state index < -0.39 is 11.4 Å².